The smallest absolute Gasteiger partial charge is 0.0753 e. The standard InChI is InChI=1S/C10H21NO/c1-8(2)11-7-10(4,5)12-6-9(11)3/h8-9H,6-7H2,1-5H3/t9-/m0/s1. The van der Waals surface area contributed by atoms with Crippen molar-refractivity contribution in [2.24, 2.45) is 0 Å². The molecule has 0 aromatic heterocycles. The molecule has 1 aliphatic rings. The summed E-state index contributed by atoms with van der Waals surface area (Å²) in [7, 11) is 0. The highest BCUT2D eigenvalue weighted by Gasteiger charge is 2.32. The van der Waals surface area contributed by atoms with Crippen LogP contribution in [0.4, 0.5) is 0 Å². The van der Waals surface area contributed by atoms with Crippen molar-refractivity contribution in [3.63, 3.8) is 0 Å². The van der Waals surface area contributed by atoms with Crippen molar-refractivity contribution >= 4 is 0 Å². The summed E-state index contributed by atoms with van der Waals surface area (Å²) in [6, 6.07) is 1.20. The van der Waals surface area contributed by atoms with Gasteiger partial charge in [0.2, 0.25) is 0 Å². The third-order valence-electron chi connectivity index (χ3n) is 2.51. The van der Waals surface area contributed by atoms with Gasteiger partial charge in [0.05, 0.1) is 12.2 Å². The van der Waals surface area contributed by atoms with Crippen molar-refractivity contribution in [1.82, 2.24) is 4.90 Å². The maximum atomic E-state index is 5.72. The predicted octanol–water partition coefficient (Wildman–Crippen LogP) is 1.89. The molecule has 0 radical (unpaired) electrons. The third-order valence-corrected chi connectivity index (χ3v) is 2.51. The molecular weight excluding hydrogens is 150 g/mol. The second kappa shape index (κ2) is 3.35. The lowest BCUT2D eigenvalue weighted by molar-refractivity contribution is -0.118. The number of hydrogen-bond donors (Lipinski definition) is 0. The fourth-order valence-corrected chi connectivity index (χ4v) is 1.77. The van der Waals surface area contributed by atoms with Crippen LogP contribution in [0.3, 0.4) is 0 Å². The first kappa shape index (κ1) is 10.0. The van der Waals surface area contributed by atoms with E-state index in [0.29, 0.717) is 12.1 Å². The molecule has 1 saturated heterocycles. The van der Waals surface area contributed by atoms with E-state index in [2.05, 4.69) is 39.5 Å². The minimum absolute atomic E-state index is 0.0385. The normalized spacial score (nSPS) is 31.0. The molecule has 0 amide bonds. The second-order valence-electron chi connectivity index (χ2n) is 4.69. The fraction of sp³-hybridized carbons (Fsp3) is 1.00. The van der Waals surface area contributed by atoms with E-state index in [0.717, 1.165) is 13.2 Å². The highest BCUT2D eigenvalue weighted by molar-refractivity contribution is 4.84. The van der Waals surface area contributed by atoms with E-state index in [1.807, 2.05) is 0 Å². The molecule has 0 aromatic carbocycles. The van der Waals surface area contributed by atoms with Crippen molar-refractivity contribution < 1.29 is 4.74 Å². The zero-order valence-corrected chi connectivity index (χ0v) is 8.92. The van der Waals surface area contributed by atoms with Gasteiger partial charge in [-0.1, -0.05) is 0 Å². The Morgan fingerprint density at radius 2 is 2.00 bits per heavy atom. The second-order valence-corrected chi connectivity index (χ2v) is 4.69. The molecule has 0 N–H and O–H groups in total. The van der Waals surface area contributed by atoms with Gasteiger partial charge >= 0.3 is 0 Å². The van der Waals surface area contributed by atoms with E-state index in [4.69, 9.17) is 4.74 Å². The van der Waals surface area contributed by atoms with Gasteiger partial charge in [-0.25, -0.2) is 0 Å². The van der Waals surface area contributed by atoms with Gasteiger partial charge in [-0.2, -0.15) is 0 Å². The summed E-state index contributed by atoms with van der Waals surface area (Å²) in [4.78, 5) is 2.50. The van der Waals surface area contributed by atoms with Crippen LogP contribution in [-0.2, 0) is 4.74 Å². The molecule has 0 bridgehead atoms. The van der Waals surface area contributed by atoms with Crippen molar-refractivity contribution in [2.45, 2.75) is 52.3 Å². The van der Waals surface area contributed by atoms with E-state index >= 15 is 0 Å². The molecule has 0 aliphatic carbocycles. The predicted molar refractivity (Wildman–Crippen MR) is 51.3 cm³/mol. The molecule has 0 spiro atoms. The molecule has 2 nitrogen and oxygen atoms in total. The van der Waals surface area contributed by atoms with Crippen LogP contribution >= 0.6 is 0 Å². The van der Waals surface area contributed by atoms with E-state index in [1.165, 1.54) is 0 Å². The zero-order valence-electron chi connectivity index (χ0n) is 8.92. The van der Waals surface area contributed by atoms with Gasteiger partial charge < -0.3 is 4.74 Å². The lowest BCUT2D eigenvalue weighted by Crippen LogP contribution is -2.55. The third kappa shape index (κ3) is 2.20. The number of morpholine rings is 1. The molecule has 2 heteroatoms. The summed E-state index contributed by atoms with van der Waals surface area (Å²) >= 11 is 0. The molecule has 0 aromatic rings. The van der Waals surface area contributed by atoms with Crippen LogP contribution in [0.5, 0.6) is 0 Å². The molecule has 1 atom stereocenters. The highest BCUT2D eigenvalue weighted by atomic mass is 16.5. The molecule has 0 unspecified atom stereocenters. The number of ether oxygens (including phenoxy) is 1. The SMILES string of the molecule is CC(C)N1CC(C)(C)OC[C@@H]1C. The van der Waals surface area contributed by atoms with Gasteiger partial charge in [-0.3, -0.25) is 4.90 Å². The average molecular weight is 171 g/mol. The Morgan fingerprint density at radius 1 is 1.42 bits per heavy atom. The Hall–Kier alpha value is -0.0800. The minimum atomic E-state index is 0.0385. The Labute approximate surface area is 75.9 Å². The van der Waals surface area contributed by atoms with Crippen LogP contribution in [0.1, 0.15) is 34.6 Å². The average Bonchev–Trinajstić information content (AvgIpc) is 1.94. The molecule has 1 fully saturated rings. The summed E-state index contributed by atoms with van der Waals surface area (Å²) in [6.45, 7) is 13.0. The van der Waals surface area contributed by atoms with E-state index in [-0.39, 0.29) is 5.60 Å². The van der Waals surface area contributed by atoms with Crippen molar-refractivity contribution in [3.05, 3.63) is 0 Å². The molecule has 1 heterocycles. The summed E-state index contributed by atoms with van der Waals surface area (Å²) in [5.74, 6) is 0. The molecule has 1 aliphatic heterocycles. The minimum Gasteiger partial charge on any atom is -0.373 e. The first-order chi connectivity index (χ1) is 5.42. The lowest BCUT2D eigenvalue weighted by Gasteiger charge is -2.44. The van der Waals surface area contributed by atoms with Crippen molar-refractivity contribution in [2.75, 3.05) is 13.2 Å². The van der Waals surface area contributed by atoms with Crippen LogP contribution in [-0.4, -0.2) is 35.7 Å². The molecule has 0 saturated carbocycles. The van der Waals surface area contributed by atoms with Crippen LogP contribution in [0.15, 0.2) is 0 Å². The summed E-state index contributed by atoms with van der Waals surface area (Å²) < 4.78 is 5.72. The van der Waals surface area contributed by atoms with Crippen molar-refractivity contribution in [1.29, 1.82) is 0 Å². The van der Waals surface area contributed by atoms with Crippen LogP contribution in [0.25, 0.3) is 0 Å². The van der Waals surface area contributed by atoms with Gasteiger partial charge in [0, 0.05) is 18.6 Å². The number of hydrogen-bond acceptors (Lipinski definition) is 2. The van der Waals surface area contributed by atoms with Gasteiger partial charge in [0.25, 0.3) is 0 Å². The molecule has 12 heavy (non-hydrogen) atoms. The van der Waals surface area contributed by atoms with Crippen LogP contribution < -0.4 is 0 Å². The molecule has 1 rings (SSSR count). The van der Waals surface area contributed by atoms with Crippen LogP contribution in [0, 0.1) is 0 Å². The zero-order chi connectivity index (χ0) is 9.35. The molecule has 72 valence electrons. The Kier molecular flexibility index (Phi) is 2.79. The Bertz CT molecular complexity index is 154. The maximum Gasteiger partial charge on any atom is 0.0753 e. The van der Waals surface area contributed by atoms with E-state index < -0.39 is 0 Å². The van der Waals surface area contributed by atoms with E-state index in [9.17, 15) is 0 Å². The topological polar surface area (TPSA) is 12.5 Å². The maximum absolute atomic E-state index is 5.72. The van der Waals surface area contributed by atoms with Gasteiger partial charge in [-0.15, -0.1) is 0 Å². The fourth-order valence-electron chi connectivity index (χ4n) is 1.77. The number of nitrogens with zero attached hydrogens (tertiary/aromatic N) is 1. The number of rotatable bonds is 1. The van der Waals surface area contributed by atoms with Gasteiger partial charge in [-0.05, 0) is 34.6 Å². The largest absolute Gasteiger partial charge is 0.373 e. The summed E-state index contributed by atoms with van der Waals surface area (Å²) in [5, 5.41) is 0. The first-order valence-corrected chi connectivity index (χ1v) is 4.82. The van der Waals surface area contributed by atoms with Crippen molar-refractivity contribution in [3.8, 4) is 0 Å². The summed E-state index contributed by atoms with van der Waals surface area (Å²) in [6.07, 6.45) is 0. The van der Waals surface area contributed by atoms with Crippen LogP contribution in [0.2, 0.25) is 0 Å². The Morgan fingerprint density at radius 3 is 2.42 bits per heavy atom. The van der Waals surface area contributed by atoms with E-state index in [1.54, 1.807) is 0 Å². The monoisotopic (exact) mass is 171 g/mol. The first-order valence-electron chi connectivity index (χ1n) is 4.82. The highest BCUT2D eigenvalue weighted by Crippen LogP contribution is 2.21. The Balaban J connectivity index is 2.59. The van der Waals surface area contributed by atoms with Gasteiger partial charge in [0.15, 0.2) is 0 Å². The molecular formula is C10H21NO. The lowest BCUT2D eigenvalue weighted by atomic mass is 10.0. The summed E-state index contributed by atoms with van der Waals surface area (Å²) in [5.41, 5.74) is 0.0385. The quantitative estimate of drug-likeness (QED) is 0.597. The van der Waals surface area contributed by atoms with Gasteiger partial charge in [0.1, 0.15) is 0 Å².